The molecule has 0 spiro atoms. The van der Waals surface area contributed by atoms with Gasteiger partial charge in [-0.3, -0.25) is 4.79 Å². The average Bonchev–Trinajstić information content (AvgIpc) is 2.44. The van der Waals surface area contributed by atoms with E-state index in [2.05, 4.69) is 12.2 Å². The second kappa shape index (κ2) is 6.47. The number of sulfone groups is 1. The Morgan fingerprint density at radius 2 is 1.67 bits per heavy atom. The molecular weight excluding hydrogens is 322 g/mol. The van der Waals surface area contributed by atoms with Crippen LogP contribution in [0.15, 0.2) is 11.6 Å². The SMILES string of the molecule is CCS(=O)(=O)CC(C)NC(=O)C=C(C)C12CC3CC(CC(C3)C1)C2. The third-order valence-electron chi connectivity index (χ3n) is 6.55. The maximum atomic E-state index is 12.3. The van der Waals surface area contributed by atoms with Crippen molar-refractivity contribution in [3.05, 3.63) is 11.6 Å². The van der Waals surface area contributed by atoms with E-state index in [1.165, 1.54) is 44.1 Å². The molecule has 4 aliphatic carbocycles. The summed E-state index contributed by atoms with van der Waals surface area (Å²) in [6, 6.07) is -0.345. The third kappa shape index (κ3) is 3.71. The fourth-order valence-electron chi connectivity index (χ4n) is 5.77. The Kier molecular flexibility index (Phi) is 4.84. The highest BCUT2D eigenvalue weighted by Gasteiger charge is 2.51. The summed E-state index contributed by atoms with van der Waals surface area (Å²) >= 11 is 0. The zero-order valence-electron chi connectivity index (χ0n) is 15.2. The second-order valence-corrected chi connectivity index (χ2v) is 11.0. The molecule has 5 heteroatoms. The van der Waals surface area contributed by atoms with Gasteiger partial charge in [0.25, 0.3) is 0 Å². The largest absolute Gasteiger partial charge is 0.349 e. The summed E-state index contributed by atoms with van der Waals surface area (Å²) in [6.45, 7) is 5.51. The Morgan fingerprint density at radius 3 is 2.12 bits per heavy atom. The molecule has 0 aromatic heterocycles. The molecule has 1 N–H and O–H groups in total. The number of hydrogen-bond donors (Lipinski definition) is 1. The van der Waals surface area contributed by atoms with Crippen molar-refractivity contribution in [3.8, 4) is 0 Å². The molecule has 24 heavy (non-hydrogen) atoms. The molecule has 1 atom stereocenters. The predicted molar refractivity (Wildman–Crippen MR) is 96.3 cm³/mol. The zero-order valence-corrected chi connectivity index (χ0v) is 16.0. The van der Waals surface area contributed by atoms with E-state index in [0.29, 0.717) is 0 Å². The van der Waals surface area contributed by atoms with E-state index >= 15 is 0 Å². The molecule has 136 valence electrons. The maximum Gasteiger partial charge on any atom is 0.244 e. The monoisotopic (exact) mass is 353 g/mol. The van der Waals surface area contributed by atoms with E-state index in [1.807, 2.05) is 0 Å². The van der Waals surface area contributed by atoms with Gasteiger partial charge in [0.1, 0.15) is 0 Å². The highest BCUT2D eigenvalue weighted by Crippen LogP contribution is 2.62. The van der Waals surface area contributed by atoms with Crippen LogP contribution in [-0.4, -0.2) is 31.9 Å². The van der Waals surface area contributed by atoms with Gasteiger partial charge >= 0.3 is 0 Å². The van der Waals surface area contributed by atoms with Gasteiger partial charge < -0.3 is 5.32 Å². The van der Waals surface area contributed by atoms with Gasteiger partial charge in [-0.2, -0.15) is 0 Å². The summed E-state index contributed by atoms with van der Waals surface area (Å²) in [5.41, 5.74) is 1.45. The first-order chi connectivity index (χ1) is 11.2. The Balaban J connectivity index is 1.64. The fourth-order valence-corrected chi connectivity index (χ4v) is 6.85. The molecule has 0 radical (unpaired) electrons. The van der Waals surface area contributed by atoms with E-state index in [-0.39, 0.29) is 28.9 Å². The van der Waals surface area contributed by atoms with Crippen LogP contribution >= 0.6 is 0 Å². The molecule has 1 amide bonds. The van der Waals surface area contributed by atoms with Gasteiger partial charge in [-0.15, -0.1) is 0 Å². The van der Waals surface area contributed by atoms with E-state index in [9.17, 15) is 13.2 Å². The Morgan fingerprint density at radius 1 is 1.17 bits per heavy atom. The van der Waals surface area contributed by atoms with Crippen molar-refractivity contribution < 1.29 is 13.2 Å². The first-order valence-electron chi connectivity index (χ1n) is 9.41. The van der Waals surface area contributed by atoms with Crippen LogP contribution in [0.25, 0.3) is 0 Å². The smallest absolute Gasteiger partial charge is 0.244 e. The number of allylic oxidation sites excluding steroid dienone is 1. The maximum absolute atomic E-state index is 12.3. The van der Waals surface area contributed by atoms with Crippen LogP contribution in [0.1, 0.15) is 59.3 Å². The minimum atomic E-state index is -3.07. The Bertz CT molecular complexity index is 600. The Labute approximate surface area is 146 Å². The van der Waals surface area contributed by atoms with Gasteiger partial charge in [0, 0.05) is 17.9 Å². The van der Waals surface area contributed by atoms with Gasteiger partial charge in [0.2, 0.25) is 5.91 Å². The van der Waals surface area contributed by atoms with E-state index < -0.39 is 9.84 Å². The standard InChI is InChI=1S/C19H31NO3S/c1-4-24(22,23)12-14(3)20-18(21)5-13(2)19-9-15-6-16(10-19)8-17(7-15)11-19/h5,14-17H,4,6-12H2,1-3H3,(H,20,21). The van der Waals surface area contributed by atoms with Gasteiger partial charge in [-0.1, -0.05) is 12.5 Å². The van der Waals surface area contributed by atoms with E-state index in [1.54, 1.807) is 19.9 Å². The number of carbonyl (C=O) groups excluding carboxylic acids is 1. The lowest BCUT2D eigenvalue weighted by molar-refractivity contribution is -0.117. The average molecular weight is 354 g/mol. The van der Waals surface area contributed by atoms with Crippen molar-refractivity contribution in [2.24, 2.45) is 23.2 Å². The van der Waals surface area contributed by atoms with Crippen LogP contribution in [0.4, 0.5) is 0 Å². The molecule has 4 rings (SSSR count). The first-order valence-corrected chi connectivity index (χ1v) is 11.2. The number of nitrogens with one attached hydrogen (secondary N) is 1. The summed E-state index contributed by atoms with van der Waals surface area (Å²) in [5.74, 6) is 2.57. The molecule has 0 aromatic carbocycles. The summed E-state index contributed by atoms with van der Waals surface area (Å²) in [5, 5.41) is 2.84. The molecule has 0 aliphatic heterocycles. The summed E-state index contributed by atoms with van der Waals surface area (Å²) in [6.07, 6.45) is 9.67. The van der Waals surface area contributed by atoms with Crippen LogP contribution in [0.2, 0.25) is 0 Å². The summed E-state index contributed by atoms with van der Waals surface area (Å²) in [4.78, 5) is 12.3. The quantitative estimate of drug-likeness (QED) is 0.746. The van der Waals surface area contributed by atoms with Gasteiger partial charge in [-0.05, 0) is 75.5 Å². The molecule has 4 fully saturated rings. The number of carbonyl (C=O) groups is 1. The topological polar surface area (TPSA) is 63.2 Å². The molecule has 4 bridgehead atoms. The molecule has 0 heterocycles. The van der Waals surface area contributed by atoms with Gasteiger partial charge in [0.15, 0.2) is 9.84 Å². The molecule has 4 saturated carbocycles. The van der Waals surface area contributed by atoms with Crippen molar-refractivity contribution in [2.75, 3.05) is 11.5 Å². The highest BCUT2D eigenvalue weighted by molar-refractivity contribution is 7.91. The van der Waals surface area contributed by atoms with Crippen molar-refractivity contribution in [3.63, 3.8) is 0 Å². The number of amides is 1. The fraction of sp³-hybridized carbons (Fsp3) is 0.842. The van der Waals surface area contributed by atoms with Crippen LogP contribution < -0.4 is 5.32 Å². The Hall–Kier alpha value is -0.840. The van der Waals surface area contributed by atoms with E-state index in [0.717, 1.165) is 17.8 Å². The molecule has 4 aliphatic rings. The van der Waals surface area contributed by atoms with Crippen LogP contribution in [-0.2, 0) is 14.6 Å². The minimum Gasteiger partial charge on any atom is -0.349 e. The van der Waals surface area contributed by atoms with Gasteiger partial charge in [0.05, 0.1) is 5.75 Å². The molecule has 0 aromatic rings. The number of rotatable bonds is 6. The molecule has 4 nitrogen and oxygen atoms in total. The first kappa shape index (κ1) is 18.0. The molecular formula is C19H31NO3S. The van der Waals surface area contributed by atoms with Crippen molar-refractivity contribution in [2.45, 2.75) is 65.3 Å². The zero-order chi connectivity index (χ0) is 17.5. The number of hydrogen-bond acceptors (Lipinski definition) is 3. The lowest BCUT2D eigenvalue weighted by Crippen LogP contribution is -2.47. The lowest BCUT2D eigenvalue weighted by Gasteiger charge is -2.57. The predicted octanol–water partition coefficient (Wildman–Crippen LogP) is 3.09. The van der Waals surface area contributed by atoms with Crippen molar-refractivity contribution >= 4 is 15.7 Å². The minimum absolute atomic E-state index is 0.0134. The van der Waals surface area contributed by atoms with E-state index in [4.69, 9.17) is 0 Å². The second-order valence-electron chi connectivity index (χ2n) is 8.63. The normalized spacial score (nSPS) is 36.6. The van der Waals surface area contributed by atoms with Crippen LogP contribution in [0.5, 0.6) is 0 Å². The van der Waals surface area contributed by atoms with Crippen LogP contribution in [0, 0.1) is 23.2 Å². The van der Waals surface area contributed by atoms with Gasteiger partial charge in [-0.25, -0.2) is 8.42 Å². The van der Waals surface area contributed by atoms with Crippen molar-refractivity contribution in [1.82, 2.24) is 5.32 Å². The molecule has 1 unspecified atom stereocenters. The summed E-state index contributed by atoms with van der Waals surface area (Å²) in [7, 11) is -3.07. The summed E-state index contributed by atoms with van der Waals surface area (Å²) < 4.78 is 23.4. The third-order valence-corrected chi connectivity index (χ3v) is 8.44. The van der Waals surface area contributed by atoms with Crippen LogP contribution in [0.3, 0.4) is 0 Å². The molecule has 0 saturated heterocycles. The highest BCUT2D eigenvalue weighted by atomic mass is 32.2. The van der Waals surface area contributed by atoms with Crippen molar-refractivity contribution in [1.29, 1.82) is 0 Å². The lowest BCUT2D eigenvalue weighted by atomic mass is 9.48.